The van der Waals surface area contributed by atoms with Crippen LogP contribution < -0.4 is 0 Å². The molecule has 0 unspecified atom stereocenters. The van der Waals surface area contributed by atoms with Crippen molar-refractivity contribution in [1.82, 2.24) is 0 Å². The molecule has 33 heavy (non-hydrogen) atoms. The molecule has 0 saturated carbocycles. The minimum atomic E-state index is -1.05. The van der Waals surface area contributed by atoms with Crippen molar-refractivity contribution in [2.45, 2.75) is 25.4 Å². The predicted octanol–water partition coefficient (Wildman–Crippen LogP) is 9.39. The van der Waals surface area contributed by atoms with Crippen LogP contribution in [0.25, 0.3) is 0 Å². The van der Waals surface area contributed by atoms with Gasteiger partial charge in [0.25, 0.3) is 0 Å². The van der Waals surface area contributed by atoms with Crippen molar-refractivity contribution in [2.24, 2.45) is 0 Å². The smallest absolute Gasteiger partial charge is 0.112 e. The molecule has 0 saturated heterocycles. The molecule has 0 heterocycles. The molecule has 170 valence electrons. The van der Waals surface area contributed by atoms with Gasteiger partial charge in [-0.25, -0.2) is 0 Å². The summed E-state index contributed by atoms with van der Waals surface area (Å²) in [6.07, 6.45) is 0. The lowest BCUT2D eigenvalue weighted by atomic mass is 9.88. The maximum Gasteiger partial charge on any atom is 0.112 e. The Morgan fingerprint density at radius 3 is 1.03 bits per heavy atom. The van der Waals surface area contributed by atoms with Crippen LogP contribution in [-0.2, 0) is 5.60 Å². The van der Waals surface area contributed by atoms with Gasteiger partial charge in [-0.05, 0) is 77.7 Å². The van der Waals surface area contributed by atoms with Gasteiger partial charge in [-0.2, -0.15) is 0 Å². The number of hydrogen-bond donors (Lipinski definition) is 1. The van der Waals surface area contributed by atoms with Gasteiger partial charge in [0.1, 0.15) is 5.60 Å². The third-order valence-electron chi connectivity index (χ3n) is 5.55. The first-order valence-corrected chi connectivity index (χ1v) is 11.9. The maximum atomic E-state index is 10.6. The van der Waals surface area contributed by atoms with E-state index in [0.717, 1.165) is 21.2 Å². The largest absolute Gasteiger partial charge is 0.381 e. The van der Waals surface area contributed by atoms with Gasteiger partial charge in [0.15, 0.2) is 0 Å². The van der Waals surface area contributed by atoms with Gasteiger partial charge < -0.3 is 5.11 Å². The van der Waals surface area contributed by atoms with Crippen LogP contribution in [0.3, 0.4) is 0 Å². The fraction of sp³-hybridized carbons (Fsp3) is 0.143. The summed E-state index contributed by atoms with van der Waals surface area (Å²) in [6.45, 7) is 3.92. The Kier molecular flexibility index (Phi) is 8.87. The molecule has 0 spiro atoms. The van der Waals surface area contributed by atoms with E-state index in [0.29, 0.717) is 16.0 Å². The summed E-state index contributed by atoms with van der Waals surface area (Å²) in [5.74, 6) is 0.356. The van der Waals surface area contributed by atoms with Crippen LogP contribution in [0.4, 0.5) is 0 Å². The summed E-state index contributed by atoms with van der Waals surface area (Å²) in [5.41, 5.74) is 3.06. The summed E-state index contributed by atoms with van der Waals surface area (Å²) in [7, 11) is 0. The van der Waals surface area contributed by atoms with E-state index in [1.165, 1.54) is 11.1 Å². The number of hydrogen-bond acceptors (Lipinski definition) is 1. The van der Waals surface area contributed by atoms with Gasteiger partial charge in [0, 0.05) is 26.0 Å². The van der Waals surface area contributed by atoms with Crippen molar-refractivity contribution in [1.29, 1.82) is 0 Å². The second-order valence-electron chi connectivity index (χ2n) is 7.91. The van der Waals surface area contributed by atoms with Crippen LogP contribution in [0.2, 0.25) is 20.1 Å². The standard InChI is InChI=1S/C14H12Cl2O.C14H12Cl2/c1-14(17,10-2-6-12(15)7-3-10)11-4-8-13(16)9-5-11;1-10(11-2-6-13(15)7-3-11)12-4-8-14(16)9-5-12/h2-9,17H,1H3;2-10H,1H3. The van der Waals surface area contributed by atoms with Crippen LogP contribution in [0.1, 0.15) is 42.0 Å². The topological polar surface area (TPSA) is 20.2 Å². The van der Waals surface area contributed by atoms with Crippen molar-refractivity contribution in [3.05, 3.63) is 139 Å². The van der Waals surface area contributed by atoms with Crippen molar-refractivity contribution >= 4 is 46.4 Å². The molecule has 0 fully saturated rings. The molecule has 5 heteroatoms. The monoisotopic (exact) mass is 516 g/mol. The highest BCUT2D eigenvalue weighted by molar-refractivity contribution is 6.31. The van der Waals surface area contributed by atoms with Crippen LogP contribution in [0.15, 0.2) is 97.1 Å². The molecule has 1 N–H and O–H groups in total. The second kappa shape index (κ2) is 11.4. The Labute approximate surface area is 215 Å². The highest BCUT2D eigenvalue weighted by atomic mass is 35.5. The summed E-state index contributed by atoms with van der Waals surface area (Å²) in [5, 5.41) is 13.4. The van der Waals surface area contributed by atoms with Crippen molar-refractivity contribution in [3.8, 4) is 0 Å². The Morgan fingerprint density at radius 1 is 0.515 bits per heavy atom. The number of aliphatic hydroxyl groups is 1. The summed E-state index contributed by atoms with van der Waals surface area (Å²) in [6, 6.07) is 30.2. The first-order chi connectivity index (χ1) is 15.7. The third-order valence-corrected chi connectivity index (χ3v) is 6.56. The average Bonchev–Trinajstić information content (AvgIpc) is 2.81. The van der Waals surface area contributed by atoms with Gasteiger partial charge in [0.05, 0.1) is 0 Å². The normalized spacial score (nSPS) is 11.2. The van der Waals surface area contributed by atoms with E-state index in [-0.39, 0.29) is 0 Å². The molecular formula is C28H24Cl4O. The van der Waals surface area contributed by atoms with Gasteiger partial charge >= 0.3 is 0 Å². The average molecular weight is 518 g/mol. The van der Waals surface area contributed by atoms with Crippen LogP contribution in [0, 0.1) is 0 Å². The predicted molar refractivity (Wildman–Crippen MR) is 142 cm³/mol. The van der Waals surface area contributed by atoms with E-state index >= 15 is 0 Å². The molecule has 4 aromatic rings. The minimum Gasteiger partial charge on any atom is -0.381 e. The van der Waals surface area contributed by atoms with E-state index in [1.807, 2.05) is 48.5 Å². The Bertz CT molecular complexity index is 1060. The summed E-state index contributed by atoms with van der Waals surface area (Å²) >= 11 is 23.4. The Morgan fingerprint density at radius 2 is 0.758 bits per heavy atom. The Hall–Kier alpha value is -2.00. The molecule has 0 aliphatic carbocycles. The number of rotatable bonds is 4. The maximum absolute atomic E-state index is 10.6. The SMILES string of the molecule is CC(O)(c1ccc(Cl)cc1)c1ccc(Cl)cc1.CC(c1ccc(Cl)cc1)c1ccc(Cl)cc1. The Balaban J connectivity index is 0.000000186. The van der Waals surface area contributed by atoms with E-state index in [1.54, 1.807) is 31.2 Å². The van der Waals surface area contributed by atoms with Crippen LogP contribution >= 0.6 is 46.4 Å². The third kappa shape index (κ3) is 6.99. The highest BCUT2D eigenvalue weighted by Gasteiger charge is 2.25. The lowest BCUT2D eigenvalue weighted by molar-refractivity contribution is 0.102. The van der Waals surface area contributed by atoms with Crippen molar-refractivity contribution in [2.75, 3.05) is 0 Å². The van der Waals surface area contributed by atoms with Crippen molar-refractivity contribution in [3.63, 3.8) is 0 Å². The van der Waals surface area contributed by atoms with Gasteiger partial charge in [-0.15, -0.1) is 0 Å². The fourth-order valence-corrected chi connectivity index (χ4v) is 3.91. The minimum absolute atomic E-state index is 0.356. The summed E-state index contributed by atoms with van der Waals surface area (Å²) < 4.78 is 0. The van der Waals surface area contributed by atoms with Gasteiger partial charge in [-0.1, -0.05) is 102 Å². The van der Waals surface area contributed by atoms with Crippen molar-refractivity contribution < 1.29 is 5.11 Å². The molecule has 0 atom stereocenters. The van der Waals surface area contributed by atoms with Gasteiger partial charge in [0.2, 0.25) is 0 Å². The summed E-state index contributed by atoms with van der Waals surface area (Å²) in [4.78, 5) is 0. The first-order valence-electron chi connectivity index (χ1n) is 10.4. The zero-order chi connectivity index (χ0) is 24.0. The molecule has 0 aliphatic heterocycles. The highest BCUT2D eigenvalue weighted by Crippen LogP contribution is 2.30. The van der Waals surface area contributed by atoms with E-state index < -0.39 is 5.60 Å². The lowest BCUT2D eigenvalue weighted by Crippen LogP contribution is -2.22. The molecule has 4 aromatic carbocycles. The molecule has 0 bridgehead atoms. The molecule has 0 aromatic heterocycles. The zero-order valence-corrected chi connectivity index (χ0v) is 21.3. The quantitative estimate of drug-likeness (QED) is 0.285. The number of halogens is 4. The lowest BCUT2D eigenvalue weighted by Gasteiger charge is -2.24. The number of benzene rings is 4. The van der Waals surface area contributed by atoms with Crippen LogP contribution in [0.5, 0.6) is 0 Å². The zero-order valence-electron chi connectivity index (χ0n) is 18.3. The molecular weight excluding hydrogens is 494 g/mol. The molecule has 4 rings (SSSR count). The fourth-order valence-electron chi connectivity index (χ4n) is 3.41. The molecule has 0 radical (unpaired) electrons. The van der Waals surface area contributed by atoms with E-state index in [4.69, 9.17) is 46.4 Å². The van der Waals surface area contributed by atoms with Crippen LogP contribution in [-0.4, -0.2) is 5.11 Å². The van der Waals surface area contributed by atoms with E-state index in [9.17, 15) is 5.11 Å². The van der Waals surface area contributed by atoms with Gasteiger partial charge in [-0.3, -0.25) is 0 Å². The molecule has 1 nitrogen and oxygen atoms in total. The molecule has 0 amide bonds. The second-order valence-corrected chi connectivity index (χ2v) is 9.66. The molecule has 0 aliphatic rings. The first kappa shape index (κ1) is 25.6. The van der Waals surface area contributed by atoms with E-state index in [2.05, 4.69) is 31.2 Å².